The summed E-state index contributed by atoms with van der Waals surface area (Å²) in [5.41, 5.74) is 6.29. The van der Waals surface area contributed by atoms with Crippen LogP contribution in [-0.4, -0.2) is 28.5 Å². The van der Waals surface area contributed by atoms with Crippen LogP contribution in [0, 0.1) is 6.92 Å². The Morgan fingerprint density at radius 3 is 2.16 bits per heavy atom. The molecule has 0 atom stereocenters. The Bertz CT molecular complexity index is 1170. The number of hydrogen-bond donors (Lipinski definition) is 2. The first-order chi connectivity index (χ1) is 14.4. The third kappa shape index (κ3) is 5.41. The number of carbonyl (C=O) groups excluding carboxylic acids is 3. The summed E-state index contributed by atoms with van der Waals surface area (Å²) in [5, 5.41) is 8.63. The van der Waals surface area contributed by atoms with Gasteiger partial charge in [-0.3, -0.25) is 14.4 Å². The van der Waals surface area contributed by atoms with Gasteiger partial charge in [0.1, 0.15) is 0 Å². The number of nitrogens with one attached hydrogen (secondary N) is 2. The molecule has 2 aromatic carbocycles. The number of carbonyl (C=O) groups is 3. The van der Waals surface area contributed by atoms with Gasteiger partial charge in [-0.05, 0) is 48.4 Å². The molecule has 3 heterocycles. The highest BCUT2D eigenvalue weighted by atomic mass is 35.5. The molecule has 0 saturated heterocycles. The maximum atomic E-state index is 11.3. The van der Waals surface area contributed by atoms with Crippen LogP contribution in [0.2, 0.25) is 0 Å². The van der Waals surface area contributed by atoms with Gasteiger partial charge in [0.05, 0.1) is 29.4 Å². The first kappa shape index (κ1) is 25.2. The number of thiazole rings is 1. The van der Waals surface area contributed by atoms with Crippen LogP contribution in [0.3, 0.4) is 0 Å². The molecule has 1 aromatic heterocycles. The number of halogens is 1. The standard InChI is InChI=1S/C12H10N2OS.C10H8ClNO2.2CH4/c1-7-13-11(6-16-7)8-2-3-10-9(4-8)5-12(15)14-10;11-5-9(13)6-1-2-8-7(3-6)4-10(14)12-8;;/h2-4,6H,5H2,1H3,(H,14,15);1-3H,4-5H2,(H,12,14);2*1H4. The molecule has 0 saturated carbocycles. The van der Waals surface area contributed by atoms with Crippen LogP contribution in [0.5, 0.6) is 0 Å². The van der Waals surface area contributed by atoms with Crippen molar-refractivity contribution in [3.05, 3.63) is 63.5 Å². The minimum atomic E-state index is -0.117. The van der Waals surface area contributed by atoms with E-state index in [2.05, 4.69) is 15.6 Å². The zero-order chi connectivity index (χ0) is 21.3. The number of anilines is 2. The largest absolute Gasteiger partial charge is 0.326 e. The van der Waals surface area contributed by atoms with E-state index < -0.39 is 0 Å². The van der Waals surface area contributed by atoms with Crippen molar-refractivity contribution < 1.29 is 14.4 Å². The number of benzene rings is 2. The molecule has 2 aliphatic heterocycles. The zero-order valence-corrected chi connectivity index (χ0v) is 17.7. The third-order valence-corrected chi connectivity index (χ3v) is 5.84. The highest BCUT2D eigenvalue weighted by Crippen LogP contribution is 2.29. The summed E-state index contributed by atoms with van der Waals surface area (Å²) < 4.78 is 0. The second kappa shape index (κ2) is 10.5. The molecular formula is C24H26ClN3O3S. The van der Waals surface area contributed by atoms with Gasteiger partial charge in [0.2, 0.25) is 11.8 Å². The average Bonchev–Trinajstić information content (AvgIpc) is 3.42. The van der Waals surface area contributed by atoms with E-state index in [0.717, 1.165) is 38.8 Å². The summed E-state index contributed by atoms with van der Waals surface area (Å²) in [4.78, 5) is 38.0. The maximum Gasteiger partial charge on any atom is 0.228 e. The molecule has 0 bridgehead atoms. The van der Waals surface area contributed by atoms with E-state index in [4.69, 9.17) is 11.6 Å². The zero-order valence-electron chi connectivity index (χ0n) is 16.1. The van der Waals surface area contributed by atoms with Crippen LogP contribution in [0.25, 0.3) is 11.3 Å². The van der Waals surface area contributed by atoms with Gasteiger partial charge in [0.25, 0.3) is 0 Å². The Morgan fingerprint density at radius 1 is 1.00 bits per heavy atom. The number of alkyl halides is 1. The van der Waals surface area contributed by atoms with E-state index in [1.807, 2.05) is 30.5 Å². The van der Waals surface area contributed by atoms with E-state index in [1.165, 1.54) is 0 Å². The van der Waals surface area contributed by atoms with Gasteiger partial charge in [-0.2, -0.15) is 0 Å². The number of fused-ring (bicyclic) bond motifs is 2. The van der Waals surface area contributed by atoms with Crippen LogP contribution < -0.4 is 10.6 Å². The highest BCUT2D eigenvalue weighted by molar-refractivity contribution is 7.09. The second-order valence-corrected chi connectivity index (χ2v) is 8.33. The van der Waals surface area contributed by atoms with Crippen LogP contribution >= 0.6 is 22.9 Å². The molecule has 0 aliphatic carbocycles. The number of hydrogen-bond acceptors (Lipinski definition) is 5. The fourth-order valence-electron chi connectivity index (χ4n) is 3.36. The van der Waals surface area contributed by atoms with Gasteiger partial charge in [-0.1, -0.05) is 20.9 Å². The van der Waals surface area contributed by atoms with E-state index in [0.29, 0.717) is 18.4 Å². The van der Waals surface area contributed by atoms with Crippen molar-refractivity contribution >= 4 is 51.9 Å². The number of ketones is 1. The van der Waals surface area contributed by atoms with Crippen molar-refractivity contribution in [1.82, 2.24) is 4.98 Å². The Morgan fingerprint density at radius 2 is 1.59 bits per heavy atom. The van der Waals surface area contributed by atoms with Crippen LogP contribution in [0.1, 0.15) is 41.3 Å². The summed E-state index contributed by atoms with van der Waals surface area (Å²) in [7, 11) is 0. The number of aryl methyl sites for hydroxylation is 1. The van der Waals surface area contributed by atoms with Crippen LogP contribution in [-0.2, 0) is 22.4 Å². The summed E-state index contributed by atoms with van der Waals surface area (Å²) in [6.45, 7) is 1.99. The maximum absolute atomic E-state index is 11.3. The molecule has 5 rings (SSSR count). The van der Waals surface area contributed by atoms with Crippen molar-refractivity contribution in [3.63, 3.8) is 0 Å². The number of rotatable bonds is 3. The molecule has 6 nitrogen and oxygen atoms in total. The van der Waals surface area contributed by atoms with Gasteiger partial charge in [-0.15, -0.1) is 22.9 Å². The van der Waals surface area contributed by atoms with Crippen molar-refractivity contribution in [2.75, 3.05) is 16.5 Å². The van der Waals surface area contributed by atoms with E-state index in [-0.39, 0.29) is 38.3 Å². The Hall–Kier alpha value is -3.03. The first-order valence-electron chi connectivity index (χ1n) is 9.30. The Labute approximate surface area is 197 Å². The van der Waals surface area contributed by atoms with Crippen LogP contribution in [0.4, 0.5) is 11.4 Å². The molecule has 2 aliphatic rings. The Balaban J connectivity index is 0.000000215. The molecule has 32 heavy (non-hydrogen) atoms. The molecule has 168 valence electrons. The smallest absolute Gasteiger partial charge is 0.228 e. The number of amides is 2. The molecule has 2 amide bonds. The van der Waals surface area contributed by atoms with Gasteiger partial charge in [0, 0.05) is 27.9 Å². The van der Waals surface area contributed by atoms with E-state index >= 15 is 0 Å². The second-order valence-electron chi connectivity index (χ2n) is 7.00. The van der Waals surface area contributed by atoms with Gasteiger partial charge in [0.15, 0.2) is 5.78 Å². The molecular weight excluding hydrogens is 446 g/mol. The fraction of sp³-hybridized carbons (Fsp3) is 0.250. The lowest BCUT2D eigenvalue weighted by Gasteiger charge is -2.01. The molecule has 0 unspecified atom stereocenters. The minimum absolute atomic E-state index is 0. The third-order valence-electron chi connectivity index (χ3n) is 4.82. The van der Waals surface area contributed by atoms with Crippen molar-refractivity contribution in [2.45, 2.75) is 34.6 Å². The fourth-order valence-corrected chi connectivity index (χ4v) is 4.14. The van der Waals surface area contributed by atoms with Gasteiger partial charge >= 0.3 is 0 Å². The highest BCUT2D eigenvalue weighted by Gasteiger charge is 2.19. The topological polar surface area (TPSA) is 88.2 Å². The lowest BCUT2D eigenvalue weighted by atomic mass is 10.1. The van der Waals surface area contributed by atoms with E-state index in [9.17, 15) is 14.4 Å². The van der Waals surface area contributed by atoms with Gasteiger partial charge < -0.3 is 10.6 Å². The van der Waals surface area contributed by atoms with Gasteiger partial charge in [-0.25, -0.2) is 4.98 Å². The monoisotopic (exact) mass is 471 g/mol. The first-order valence-corrected chi connectivity index (χ1v) is 10.7. The quantitative estimate of drug-likeness (QED) is 0.390. The van der Waals surface area contributed by atoms with Crippen molar-refractivity contribution in [2.24, 2.45) is 0 Å². The lowest BCUT2D eigenvalue weighted by Crippen LogP contribution is -2.03. The molecule has 2 N–H and O–H groups in total. The number of Topliss-reactive ketones (excluding diaryl/α,β-unsaturated/α-hetero) is 1. The minimum Gasteiger partial charge on any atom is -0.326 e. The molecule has 8 heteroatoms. The molecule has 3 aromatic rings. The lowest BCUT2D eigenvalue weighted by molar-refractivity contribution is -0.115. The molecule has 0 radical (unpaired) electrons. The van der Waals surface area contributed by atoms with Crippen molar-refractivity contribution in [3.8, 4) is 11.3 Å². The average molecular weight is 472 g/mol. The molecule has 0 spiro atoms. The van der Waals surface area contributed by atoms with E-state index in [1.54, 1.807) is 29.5 Å². The normalized spacial score (nSPS) is 12.8. The summed E-state index contributed by atoms with van der Waals surface area (Å²) in [6, 6.07) is 11.1. The van der Waals surface area contributed by atoms with Crippen molar-refractivity contribution in [1.29, 1.82) is 0 Å². The summed E-state index contributed by atoms with van der Waals surface area (Å²) >= 11 is 7.07. The number of nitrogens with zero attached hydrogens (tertiary/aromatic N) is 1. The SMILES string of the molecule is C.C.Cc1nc(-c2ccc3c(c2)CC(=O)N3)cs1.O=C1Cc2cc(C(=O)CCl)ccc2N1. The predicted molar refractivity (Wildman–Crippen MR) is 132 cm³/mol. The number of aromatic nitrogens is 1. The van der Waals surface area contributed by atoms with Crippen LogP contribution in [0.15, 0.2) is 41.8 Å². The molecule has 0 fully saturated rings. The summed E-state index contributed by atoms with van der Waals surface area (Å²) in [5.74, 6) is -0.105. The predicted octanol–water partition coefficient (Wildman–Crippen LogP) is 5.49. The Kier molecular flexibility index (Phi) is 8.30. The summed E-state index contributed by atoms with van der Waals surface area (Å²) in [6.07, 6.45) is 0.824.